The Morgan fingerprint density at radius 3 is 2.23 bits per heavy atom. The molecule has 8 heteroatoms. The highest BCUT2D eigenvalue weighted by Gasteiger charge is 2.31. The Morgan fingerprint density at radius 1 is 1.07 bits per heavy atom. The fourth-order valence-corrected chi connectivity index (χ4v) is 4.26. The number of hydrogen-bond acceptors (Lipinski definition) is 5. The number of aryl methyl sites for hydroxylation is 2. The van der Waals surface area contributed by atoms with Crippen molar-refractivity contribution in [2.24, 2.45) is 0 Å². The molecule has 0 radical (unpaired) electrons. The summed E-state index contributed by atoms with van der Waals surface area (Å²) in [5, 5.41) is 2.78. The molecule has 1 amide bonds. The van der Waals surface area contributed by atoms with Crippen LogP contribution in [0.5, 0.6) is 11.5 Å². The van der Waals surface area contributed by atoms with Gasteiger partial charge in [-0.15, -0.1) is 0 Å². The first-order valence-electron chi connectivity index (χ1n) is 9.78. The van der Waals surface area contributed by atoms with E-state index in [1.54, 1.807) is 50.4 Å². The predicted molar refractivity (Wildman–Crippen MR) is 119 cm³/mol. The van der Waals surface area contributed by atoms with Crippen LogP contribution in [0.15, 0.2) is 42.5 Å². The number of nitrogens with one attached hydrogen (secondary N) is 1. The summed E-state index contributed by atoms with van der Waals surface area (Å²) in [6.45, 7) is 6.17. The Hall–Kier alpha value is -2.74. The van der Waals surface area contributed by atoms with Crippen LogP contribution in [-0.4, -0.2) is 46.9 Å². The lowest BCUT2D eigenvalue weighted by atomic mass is 10.1. The van der Waals surface area contributed by atoms with Crippen LogP contribution >= 0.6 is 0 Å². The highest BCUT2D eigenvalue weighted by Crippen LogP contribution is 2.25. The fraction of sp³-hybridized carbons (Fsp3) is 0.409. The summed E-state index contributed by atoms with van der Waals surface area (Å²) >= 11 is 0. The lowest BCUT2D eigenvalue weighted by molar-refractivity contribution is -0.122. The molecule has 0 spiro atoms. The molecule has 0 saturated carbocycles. The van der Waals surface area contributed by atoms with E-state index in [9.17, 15) is 13.2 Å². The van der Waals surface area contributed by atoms with Crippen molar-refractivity contribution in [1.29, 1.82) is 0 Å². The quantitative estimate of drug-likeness (QED) is 0.581. The molecule has 2 aromatic rings. The monoisotopic (exact) mass is 434 g/mol. The Labute approximate surface area is 179 Å². The van der Waals surface area contributed by atoms with Crippen LogP contribution in [0.25, 0.3) is 0 Å². The maximum atomic E-state index is 12.8. The van der Waals surface area contributed by atoms with Crippen LogP contribution in [0.1, 0.15) is 24.5 Å². The third-order valence-electron chi connectivity index (χ3n) is 4.80. The van der Waals surface area contributed by atoms with Gasteiger partial charge in [-0.1, -0.05) is 13.0 Å². The van der Waals surface area contributed by atoms with E-state index in [0.717, 1.165) is 23.1 Å². The number of methoxy groups -OCH3 is 1. The van der Waals surface area contributed by atoms with Gasteiger partial charge >= 0.3 is 0 Å². The van der Waals surface area contributed by atoms with Gasteiger partial charge in [0.15, 0.2) is 0 Å². The van der Waals surface area contributed by atoms with E-state index in [-0.39, 0.29) is 19.1 Å². The highest BCUT2D eigenvalue weighted by molar-refractivity contribution is 7.92. The SMILES string of the molecule is CC[C@@H](C(=O)NCCOc1ccc(OC)cc1)N(c1ccc(C)c(C)c1)S(C)(=O)=O. The summed E-state index contributed by atoms with van der Waals surface area (Å²) in [7, 11) is -2.06. The van der Waals surface area contributed by atoms with Crippen molar-refractivity contribution in [2.75, 3.05) is 30.8 Å². The Balaban J connectivity index is 2.05. The van der Waals surface area contributed by atoms with Gasteiger partial charge in [-0.3, -0.25) is 9.10 Å². The van der Waals surface area contributed by atoms with E-state index >= 15 is 0 Å². The minimum absolute atomic E-state index is 0.256. The summed E-state index contributed by atoms with van der Waals surface area (Å²) in [6.07, 6.45) is 1.45. The van der Waals surface area contributed by atoms with Crippen molar-refractivity contribution in [3.63, 3.8) is 0 Å². The number of benzene rings is 2. The van der Waals surface area contributed by atoms with Crippen molar-refractivity contribution < 1.29 is 22.7 Å². The van der Waals surface area contributed by atoms with E-state index in [2.05, 4.69) is 5.32 Å². The van der Waals surface area contributed by atoms with Gasteiger partial charge in [0.1, 0.15) is 24.1 Å². The average molecular weight is 435 g/mol. The zero-order valence-electron chi connectivity index (χ0n) is 18.1. The van der Waals surface area contributed by atoms with Gasteiger partial charge in [0, 0.05) is 0 Å². The van der Waals surface area contributed by atoms with Crippen molar-refractivity contribution in [3.05, 3.63) is 53.6 Å². The first kappa shape index (κ1) is 23.5. The summed E-state index contributed by atoms with van der Waals surface area (Å²) in [4.78, 5) is 12.8. The standard InChI is InChI=1S/C22H30N2O5S/c1-6-21(24(30(5,26)27)18-8-7-16(2)17(3)15-18)22(25)23-13-14-29-20-11-9-19(28-4)10-12-20/h7-12,15,21H,6,13-14H2,1-5H3,(H,23,25)/t21-/m0/s1. The molecule has 2 aromatic carbocycles. The maximum absolute atomic E-state index is 12.8. The normalized spacial score (nSPS) is 12.2. The van der Waals surface area contributed by atoms with Gasteiger partial charge in [-0.2, -0.15) is 0 Å². The van der Waals surface area contributed by atoms with E-state index in [1.807, 2.05) is 19.9 Å². The van der Waals surface area contributed by atoms with Crippen molar-refractivity contribution >= 4 is 21.6 Å². The van der Waals surface area contributed by atoms with Crippen LogP contribution in [0.4, 0.5) is 5.69 Å². The second-order valence-electron chi connectivity index (χ2n) is 7.07. The molecule has 0 unspecified atom stereocenters. The van der Waals surface area contributed by atoms with Gasteiger partial charge in [-0.05, 0) is 67.8 Å². The van der Waals surface area contributed by atoms with Crippen molar-refractivity contribution in [3.8, 4) is 11.5 Å². The van der Waals surface area contributed by atoms with E-state index in [0.29, 0.717) is 17.9 Å². The zero-order chi connectivity index (χ0) is 22.3. The van der Waals surface area contributed by atoms with Crippen LogP contribution < -0.4 is 19.1 Å². The van der Waals surface area contributed by atoms with Crippen molar-refractivity contribution in [1.82, 2.24) is 5.32 Å². The number of hydrogen-bond donors (Lipinski definition) is 1. The van der Waals surface area contributed by atoms with Crippen LogP contribution in [0.3, 0.4) is 0 Å². The number of rotatable bonds is 10. The topological polar surface area (TPSA) is 84.9 Å². The molecule has 0 aromatic heterocycles. The third kappa shape index (κ3) is 6.13. The van der Waals surface area contributed by atoms with Gasteiger partial charge in [0.25, 0.3) is 0 Å². The molecule has 0 heterocycles. The number of carbonyl (C=O) groups excluding carboxylic acids is 1. The van der Waals surface area contributed by atoms with Crippen LogP contribution in [0.2, 0.25) is 0 Å². The molecule has 30 heavy (non-hydrogen) atoms. The van der Waals surface area contributed by atoms with E-state index in [4.69, 9.17) is 9.47 Å². The summed E-state index contributed by atoms with van der Waals surface area (Å²) in [6, 6.07) is 11.7. The molecule has 7 nitrogen and oxygen atoms in total. The molecule has 164 valence electrons. The van der Waals surface area contributed by atoms with Crippen LogP contribution in [0, 0.1) is 13.8 Å². The summed E-state index contributed by atoms with van der Waals surface area (Å²) in [5.41, 5.74) is 2.50. The molecular formula is C22H30N2O5S. The molecule has 0 fully saturated rings. The van der Waals surface area contributed by atoms with Gasteiger partial charge in [-0.25, -0.2) is 8.42 Å². The van der Waals surface area contributed by atoms with E-state index in [1.165, 1.54) is 4.31 Å². The molecule has 0 aliphatic rings. The molecule has 0 aliphatic carbocycles. The number of amides is 1. The summed E-state index contributed by atoms with van der Waals surface area (Å²) in [5.74, 6) is 1.03. The fourth-order valence-electron chi connectivity index (χ4n) is 3.06. The number of ether oxygens (including phenoxy) is 2. The zero-order valence-corrected chi connectivity index (χ0v) is 19.0. The van der Waals surface area contributed by atoms with Crippen LogP contribution in [-0.2, 0) is 14.8 Å². The first-order valence-corrected chi connectivity index (χ1v) is 11.6. The highest BCUT2D eigenvalue weighted by atomic mass is 32.2. The first-order chi connectivity index (χ1) is 14.2. The molecular weight excluding hydrogens is 404 g/mol. The lowest BCUT2D eigenvalue weighted by Gasteiger charge is -2.30. The van der Waals surface area contributed by atoms with Gasteiger partial charge < -0.3 is 14.8 Å². The van der Waals surface area contributed by atoms with Gasteiger partial charge in [0.2, 0.25) is 15.9 Å². The number of carbonyl (C=O) groups is 1. The number of anilines is 1. The van der Waals surface area contributed by atoms with Gasteiger partial charge in [0.05, 0.1) is 25.6 Å². The number of nitrogens with zero attached hydrogens (tertiary/aromatic N) is 1. The second-order valence-corrected chi connectivity index (χ2v) is 8.93. The second kappa shape index (κ2) is 10.3. The Bertz CT molecular complexity index is 958. The molecule has 1 N–H and O–H groups in total. The minimum atomic E-state index is -3.65. The maximum Gasteiger partial charge on any atom is 0.244 e. The van der Waals surface area contributed by atoms with Crippen molar-refractivity contribution in [2.45, 2.75) is 33.2 Å². The summed E-state index contributed by atoms with van der Waals surface area (Å²) < 4.78 is 36.9. The smallest absolute Gasteiger partial charge is 0.244 e. The lowest BCUT2D eigenvalue weighted by Crippen LogP contribution is -2.50. The molecule has 0 saturated heterocycles. The Kier molecular flexibility index (Phi) is 8.11. The molecule has 2 rings (SSSR count). The molecule has 0 bridgehead atoms. The molecule has 1 atom stereocenters. The average Bonchev–Trinajstić information content (AvgIpc) is 2.71. The van der Waals surface area contributed by atoms with E-state index < -0.39 is 16.1 Å². The number of sulfonamides is 1. The minimum Gasteiger partial charge on any atom is -0.497 e. The predicted octanol–water partition coefficient (Wildman–Crippen LogP) is 3.05. The Morgan fingerprint density at radius 2 is 1.70 bits per heavy atom. The largest absolute Gasteiger partial charge is 0.497 e. The third-order valence-corrected chi connectivity index (χ3v) is 5.98. The molecule has 0 aliphatic heterocycles.